The minimum absolute atomic E-state index is 0.158. The van der Waals surface area contributed by atoms with Gasteiger partial charge in [0.15, 0.2) is 6.19 Å². The van der Waals surface area contributed by atoms with Crippen molar-refractivity contribution in [2.45, 2.75) is 45.4 Å². The van der Waals surface area contributed by atoms with Gasteiger partial charge in [-0.25, -0.2) is 0 Å². The fraction of sp³-hybridized carbons (Fsp3) is 0.778. The van der Waals surface area contributed by atoms with E-state index < -0.39 is 0 Å². The molecule has 0 radical (unpaired) electrons. The highest BCUT2D eigenvalue weighted by atomic mass is 16.1. The van der Waals surface area contributed by atoms with Gasteiger partial charge in [0.25, 0.3) is 0 Å². The fourth-order valence-corrected chi connectivity index (χ4v) is 1.01. The predicted molar refractivity (Wildman–Crippen MR) is 47.1 cm³/mol. The first-order valence-corrected chi connectivity index (χ1v) is 4.49. The summed E-state index contributed by atoms with van der Waals surface area (Å²) >= 11 is 0. The van der Waals surface area contributed by atoms with Crippen molar-refractivity contribution >= 4 is 5.91 Å². The SMILES string of the molecule is CCCCCCCC(=O)NC#N. The molecule has 0 fully saturated rings. The van der Waals surface area contributed by atoms with E-state index in [2.05, 4.69) is 12.2 Å². The number of hydrogen-bond acceptors (Lipinski definition) is 2. The summed E-state index contributed by atoms with van der Waals surface area (Å²) < 4.78 is 0. The van der Waals surface area contributed by atoms with Gasteiger partial charge >= 0.3 is 0 Å². The lowest BCUT2D eigenvalue weighted by Crippen LogP contribution is -2.16. The van der Waals surface area contributed by atoms with Gasteiger partial charge in [-0.2, -0.15) is 5.26 Å². The second-order valence-electron chi connectivity index (χ2n) is 2.82. The highest BCUT2D eigenvalue weighted by molar-refractivity contribution is 5.77. The average Bonchev–Trinajstić information content (AvgIpc) is 2.05. The molecule has 68 valence electrons. The van der Waals surface area contributed by atoms with Crippen LogP contribution in [-0.4, -0.2) is 5.91 Å². The molecule has 0 aromatic heterocycles. The molecule has 0 aromatic rings. The van der Waals surface area contributed by atoms with Crippen molar-refractivity contribution < 1.29 is 4.79 Å². The molecular formula is C9H16N2O. The van der Waals surface area contributed by atoms with E-state index in [1.165, 1.54) is 19.3 Å². The molecule has 3 nitrogen and oxygen atoms in total. The molecule has 0 unspecified atom stereocenters. The van der Waals surface area contributed by atoms with Crippen LogP contribution in [0.3, 0.4) is 0 Å². The molecule has 0 saturated heterocycles. The summed E-state index contributed by atoms with van der Waals surface area (Å²) in [6.45, 7) is 2.16. The van der Waals surface area contributed by atoms with Gasteiger partial charge in [-0.1, -0.05) is 32.6 Å². The van der Waals surface area contributed by atoms with Crippen molar-refractivity contribution in [3.63, 3.8) is 0 Å². The van der Waals surface area contributed by atoms with Crippen LogP contribution in [0.4, 0.5) is 0 Å². The van der Waals surface area contributed by atoms with Crippen molar-refractivity contribution in [2.75, 3.05) is 0 Å². The molecule has 0 saturated carbocycles. The zero-order chi connectivity index (χ0) is 9.23. The number of hydrogen-bond donors (Lipinski definition) is 1. The van der Waals surface area contributed by atoms with Crippen molar-refractivity contribution in [3.05, 3.63) is 0 Å². The van der Waals surface area contributed by atoms with E-state index in [-0.39, 0.29) is 5.91 Å². The molecule has 0 aromatic carbocycles. The van der Waals surface area contributed by atoms with Crippen LogP contribution in [0.5, 0.6) is 0 Å². The van der Waals surface area contributed by atoms with Gasteiger partial charge in [0.2, 0.25) is 5.91 Å². The van der Waals surface area contributed by atoms with Crippen LogP contribution in [0.2, 0.25) is 0 Å². The summed E-state index contributed by atoms with van der Waals surface area (Å²) in [4.78, 5) is 10.7. The lowest BCUT2D eigenvalue weighted by atomic mass is 10.1. The lowest BCUT2D eigenvalue weighted by Gasteiger charge is -1.97. The number of nitrogens with one attached hydrogen (secondary N) is 1. The first-order chi connectivity index (χ1) is 5.81. The van der Waals surface area contributed by atoms with Gasteiger partial charge < -0.3 is 0 Å². The standard InChI is InChI=1S/C9H16N2O/c1-2-3-4-5-6-7-9(12)11-8-10/h2-7H2,1H3,(H,11,12). The highest BCUT2D eigenvalue weighted by Gasteiger charge is 1.97. The van der Waals surface area contributed by atoms with Crippen molar-refractivity contribution in [2.24, 2.45) is 0 Å². The van der Waals surface area contributed by atoms with Crippen LogP contribution >= 0.6 is 0 Å². The van der Waals surface area contributed by atoms with Crippen molar-refractivity contribution in [1.82, 2.24) is 5.32 Å². The van der Waals surface area contributed by atoms with Gasteiger partial charge in [-0.05, 0) is 6.42 Å². The molecule has 0 aliphatic carbocycles. The van der Waals surface area contributed by atoms with Crippen LogP contribution in [0.25, 0.3) is 0 Å². The molecule has 0 spiro atoms. The smallest absolute Gasteiger partial charge is 0.232 e. The van der Waals surface area contributed by atoms with Crippen molar-refractivity contribution in [1.29, 1.82) is 5.26 Å². The number of unbranched alkanes of at least 4 members (excludes halogenated alkanes) is 4. The third kappa shape index (κ3) is 7.07. The summed E-state index contributed by atoms with van der Waals surface area (Å²) in [5.74, 6) is -0.158. The van der Waals surface area contributed by atoms with Crippen LogP contribution in [0, 0.1) is 11.5 Å². The first-order valence-electron chi connectivity index (χ1n) is 4.49. The molecule has 12 heavy (non-hydrogen) atoms. The molecular weight excluding hydrogens is 152 g/mol. The molecule has 0 aliphatic heterocycles. The van der Waals surface area contributed by atoms with Gasteiger partial charge in [-0.15, -0.1) is 0 Å². The maximum absolute atomic E-state index is 10.7. The Morgan fingerprint density at radius 1 is 1.33 bits per heavy atom. The topological polar surface area (TPSA) is 52.9 Å². The van der Waals surface area contributed by atoms with E-state index in [9.17, 15) is 4.79 Å². The Morgan fingerprint density at radius 3 is 2.58 bits per heavy atom. The zero-order valence-corrected chi connectivity index (χ0v) is 7.60. The van der Waals surface area contributed by atoms with Gasteiger partial charge in [0, 0.05) is 6.42 Å². The number of rotatable bonds is 6. The van der Waals surface area contributed by atoms with Gasteiger partial charge in [-0.3, -0.25) is 10.1 Å². The molecule has 0 bridgehead atoms. The normalized spacial score (nSPS) is 9.00. The monoisotopic (exact) mass is 168 g/mol. The van der Waals surface area contributed by atoms with Crippen molar-refractivity contribution in [3.8, 4) is 6.19 Å². The first kappa shape index (κ1) is 11.0. The molecule has 0 aliphatic rings. The Balaban J connectivity index is 3.10. The summed E-state index contributed by atoms with van der Waals surface area (Å²) in [7, 11) is 0. The Kier molecular flexibility index (Phi) is 7.36. The summed E-state index contributed by atoms with van der Waals surface area (Å²) in [5, 5.41) is 10.2. The maximum atomic E-state index is 10.7. The third-order valence-corrected chi connectivity index (χ3v) is 1.70. The summed E-state index contributed by atoms with van der Waals surface area (Å²) in [5.41, 5.74) is 0. The number of nitriles is 1. The van der Waals surface area contributed by atoms with Crippen LogP contribution in [-0.2, 0) is 4.79 Å². The lowest BCUT2D eigenvalue weighted by molar-refractivity contribution is -0.120. The fourth-order valence-electron chi connectivity index (χ4n) is 1.01. The predicted octanol–water partition coefficient (Wildman–Crippen LogP) is 1.94. The van der Waals surface area contributed by atoms with Crippen LogP contribution in [0.1, 0.15) is 45.4 Å². The highest BCUT2D eigenvalue weighted by Crippen LogP contribution is 2.04. The van der Waals surface area contributed by atoms with Gasteiger partial charge in [0.05, 0.1) is 0 Å². The van der Waals surface area contributed by atoms with E-state index in [0.717, 1.165) is 12.8 Å². The summed E-state index contributed by atoms with van der Waals surface area (Å²) in [6, 6.07) is 0. The second-order valence-corrected chi connectivity index (χ2v) is 2.82. The Morgan fingerprint density at radius 2 is 2.00 bits per heavy atom. The largest absolute Gasteiger partial charge is 0.274 e. The number of amides is 1. The maximum Gasteiger partial charge on any atom is 0.232 e. The van der Waals surface area contributed by atoms with E-state index >= 15 is 0 Å². The van der Waals surface area contributed by atoms with Gasteiger partial charge in [0.1, 0.15) is 0 Å². The molecule has 1 amide bonds. The Labute approximate surface area is 73.8 Å². The minimum Gasteiger partial charge on any atom is -0.274 e. The van der Waals surface area contributed by atoms with E-state index in [1.54, 1.807) is 6.19 Å². The Hall–Kier alpha value is -1.04. The molecule has 0 atom stereocenters. The second kappa shape index (κ2) is 8.06. The van der Waals surface area contributed by atoms with E-state index in [4.69, 9.17) is 5.26 Å². The number of nitrogens with zero attached hydrogens (tertiary/aromatic N) is 1. The number of carbonyl (C=O) groups excluding carboxylic acids is 1. The number of carbonyl (C=O) groups is 1. The molecule has 0 rings (SSSR count). The van der Waals surface area contributed by atoms with E-state index in [1.807, 2.05) is 0 Å². The summed E-state index contributed by atoms with van der Waals surface area (Å²) in [6.07, 6.45) is 7.73. The zero-order valence-electron chi connectivity index (χ0n) is 7.60. The molecule has 0 heterocycles. The van der Waals surface area contributed by atoms with Crippen LogP contribution in [0.15, 0.2) is 0 Å². The quantitative estimate of drug-likeness (QED) is 0.374. The Bertz CT molecular complexity index is 160. The van der Waals surface area contributed by atoms with E-state index in [0.29, 0.717) is 6.42 Å². The third-order valence-electron chi connectivity index (χ3n) is 1.70. The molecule has 1 N–H and O–H groups in total. The minimum atomic E-state index is -0.158. The van der Waals surface area contributed by atoms with Crippen LogP contribution < -0.4 is 5.32 Å². The average molecular weight is 168 g/mol. The molecule has 3 heteroatoms.